The minimum absolute atomic E-state index is 0.469. The molecule has 0 unspecified atom stereocenters. The standard InChI is InChI=1S/C15H18N6S/c1-9(2)15-17-12-6-3-10(7-13(12)22-15)16-8-14-18-19-20-21(14)11-4-5-11/h3,6-7,9,11,16H,4-5,8H2,1-2H3. The van der Waals surface area contributed by atoms with Gasteiger partial charge in [-0.1, -0.05) is 13.8 Å². The van der Waals surface area contributed by atoms with E-state index >= 15 is 0 Å². The van der Waals surface area contributed by atoms with Crippen LogP contribution in [0.15, 0.2) is 18.2 Å². The molecule has 1 aromatic carbocycles. The second-order valence-corrected chi connectivity index (χ2v) is 7.08. The molecule has 7 heteroatoms. The SMILES string of the molecule is CC(C)c1nc2ccc(NCc3nnnn3C3CC3)cc2s1. The van der Waals surface area contributed by atoms with Crippen LogP contribution in [0.25, 0.3) is 10.2 Å². The molecule has 1 N–H and O–H groups in total. The topological polar surface area (TPSA) is 68.5 Å². The smallest absolute Gasteiger partial charge is 0.170 e. The van der Waals surface area contributed by atoms with Crippen molar-refractivity contribution in [2.75, 3.05) is 5.32 Å². The quantitative estimate of drug-likeness (QED) is 0.782. The highest BCUT2D eigenvalue weighted by atomic mass is 32.1. The molecule has 0 amide bonds. The molecule has 4 rings (SSSR count). The van der Waals surface area contributed by atoms with Gasteiger partial charge in [-0.2, -0.15) is 0 Å². The maximum atomic E-state index is 4.66. The zero-order valence-electron chi connectivity index (χ0n) is 12.7. The van der Waals surface area contributed by atoms with Gasteiger partial charge in [0.2, 0.25) is 0 Å². The summed E-state index contributed by atoms with van der Waals surface area (Å²) in [5, 5.41) is 16.6. The van der Waals surface area contributed by atoms with Gasteiger partial charge in [-0.25, -0.2) is 9.67 Å². The predicted molar refractivity (Wildman–Crippen MR) is 87.1 cm³/mol. The van der Waals surface area contributed by atoms with Crippen LogP contribution in [-0.4, -0.2) is 25.2 Å². The third-order valence-electron chi connectivity index (χ3n) is 3.80. The zero-order chi connectivity index (χ0) is 15.1. The van der Waals surface area contributed by atoms with Crippen LogP contribution in [-0.2, 0) is 6.54 Å². The minimum atomic E-state index is 0.469. The van der Waals surface area contributed by atoms with Gasteiger partial charge in [0, 0.05) is 11.6 Å². The highest BCUT2D eigenvalue weighted by Gasteiger charge is 2.27. The van der Waals surface area contributed by atoms with Crippen LogP contribution in [0.2, 0.25) is 0 Å². The summed E-state index contributed by atoms with van der Waals surface area (Å²) in [5.74, 6) is 1.37. The summed E-state index contributed by atoms with van der Waals surface area (Å²) in [6.07, 6.45) is 2.37. The monoisotopic (exact) mass is 314 g/mol. The fourth-order valence-electron chi connectivity index (χ4n) is 2.41. The first kappa shape index (κ1) is 13.6. The molecular formula is C15H18N6S. The van der Waals surface area contributed by atoms with Crippen LogP contribution in [0.5, 0.6) is 0 Å². The molecule has 22 heavy (non-hydrogen) atoms. The molecule has 0 atom stereocenters. The van der Waals surface area contributed by atoms with Crippen molar-refractivity contribution < 1.29 is 0 Å². The van der Waals surface area contributed by atoms with Gasteiger partial charge in [-0.05, 0) is 41.5 Å². The molecule has 3 aromatic rings. The Morgan fingerprint density at radius 3 is 3.00 bits per heavy atom. The molecule has 0 spiro atoms. The largest absolute Gasteiger partial charge is 0.378 e. The number of thiazole rings is 1. The van der Waals surface area contributed by atoms with Crippen molar-refractivity contribution in [1.82, 2.24) is 25.2 Å². The normalized spacial score (nSPS) is 14.9. The Kier molecular flexibility index (Phi) is 3.29. The molecule has 1 aliphatic rings. The van der Waals surface area contributed by atoms with Crippen molar-refractivity contribution >= 4 is 27.2 Å². The summed E-state index contributed by atoms with van der Waals surface area (Å²) in [5.41, 5.74) is 2.15. The molecule has 1 aliphatic carbocycles. The molecule has 0 radical (unpaired) electrons. The Balaban J connectivity index is 1.52. The van der Waals surface area contributed by atoms with Gasteiger partial charge >= 0.3 is 0 Å². The van der Waals surface area contributed by atoms with Crippen LogP contribution in [0.4, 0.5) is 5.69 Å². The molecule has 2 heterocycles. The molecule has 0 saturated heterocycles. The number of aromatic nitrogens is 5. The van der Waals surface area contributed by atoms with Gasteiger partial charge in [-0.3, -0.25) is 0 Å². The summed E-state index contributed by atoms with van der Waals surface area (Å²) < 4.78 is 3.16. The summed E-state index contributed by atoms with van der Waals surface area (Å²) in [6.45, 7) is 4.99. The van der Waals surface area contributed by atoms with Crippen molar-refractivity contribution in [3.8, 4) is 0 Å². The Labute approximate surface area is 132 Å². The molecular weight excluding hydrogens is 296 g/mol. The van der Waals surface area contributed by atoms with Crippen LogP contribution in [0, 0.1) is 0 Å². The van der Waals surface area contributed by atoms with Crippen LogP contribution in [0.1, 0.15) is 49.5 Å². The fourth-order valence-corrected chi connectivity index (χ4v) is 3.42. The molecule has 114 valence electrons. The molecule has 0 bridgehead atoms. The van der Waals surface area contributed by atoms with E-state index in [-0.39, 0.29) is 0 Å². The lowest BCUT2D eigenvalue weighted by atomic mass is 10.2. The first-order valence-corrected chi connectivity index (χ1v) is 8.43. The molecule has 6 nitrogen and oxygen atoms in total. The number of rotatable bonds is 5. The summed E-state index contributed by atoms with van der Waals surface area (Å²) in [4.78, 5) is 4.66. The number of nitrogens with one attached hydrogen (secondary N) is 1. The number of benzene rings is 1. The number of anilines is 1. The number of tetrazole rings is 1. The van der Waals surface area contributed by atoms with Crippen LogP contribution in [0.3, 0.4) is 0 Å². The summed E-state index contributed by atoms with van der Waals surface area (Å²) >= 11 is 1.76. The first-order valence-electron chi connectivity index (χ1n) is 7.62. The van der Waals surface area contributed by atoms with E-state index in [1.165, 1.54) is 22.5 Å². The van der Waals surface area contributed by atoms with Crippen LogP contribution >= 0.6 is 11.3 Å². The van der Waals surface area contributed by atoms with Gasteiger partial charge in [0.05, 0.1) is 27.8 Å². The van der Waals surface area contributed by atoms with Crippen molar-refractivity contribution in [2.45, 2.75) is 45.2 Å². The van der Waals surface area contributed by atoms with Crippen molar-refractivity contribution in [3.63, 3.8) is 0 Å². The second-order valence-electron chi connectivity index (χ2n) is 6.01. The maximum Gasteiger partial charge on any atom is 0.170 e. The number of fused-ring (bicyclic) bond motifs is 1. The third-order valence-corrected chi connectivity index (χ3v) is 5.12. The molecule has 1 saturated carbocycles. The average Bonchev–Trinajstić information content (AvgIpc) is 3.09. The highest BCUT2D eigenvalue weighted by Crippen LogP contribution is 2.34. The Hall–Kier alpha value is -2.02. The number of hydrogen-bond acceptors (Lipinski definition) is 6. The number of hydrogen-bond donors (Lipinski definition) is 1. The van der Waals surface area contributed by atoms with E-state index < -0.39 is 0 Å². The Bertz CT molecular complexity index is 801. The van der Waals surface area contributed by atoms with E-state index in [1.807, 2.05) is 4.68 Å². The third kappa shape index (κ3) is 2.56. The minimum Gasteiger partial charge on any atom is -0.378 e. The van der Waals surface area contributed by atoms with Gasteiger partial charge < -0.3 is 5.32 Å². The Morgan fingerprint density at radius 1 is 1.36 bits per heavy atom. The lowest BCUT2D eigenvalue weighted by Crippen LogP contribution is -2.08. The van der Waals surface area contributed by atoms with E-state index in [4.69, 9.17) is 0 Å². The van der Waals surface area contributed by atoms with E-state index in [1.54, 1.807) is 11.3 Å². The number of nitrogens with zero attached hydrogens (tertiary/aromatic N) is 5. The van der Waals surface area contributed by atoms with E-state index in [9.17, 15) is 0 Å². The lowest BCUT2D eigenvalue weighted by Gasteiger charge is -2.06. The zero-order valence-corrected chi connectivity index (χ0v) is 13.5. The van der Waals surface area contributed by atoms with Gasteiger partial charge in [0.15, 0.2) is 5.82 Å². The first-order chi connectivity index (χ1) is 10.7. The van der Waals surface area contributed by atoms with Gasteiger partial charge in [0.25, 0.3) is 0 Å². The lowest BCUT2D eigenvalue weighted by molar-refractivity contribution is 0.586. The van der Waals surface area contributed by atoms with Gasteiger partial charge in [-0.15, -0.1) is 16.4 Å². The predicted octanol–water partition coefficient (Wildman–Crippen LogP) is 3.35. The highest BCUT2D eigenvalue weighted by molar-refractivity contribution is 7.18. The summed E-state index contributed by atoms with van der Waals surface area (Å²) in [6, 6.07) is 6.80. The van der Waals surface area contributed by atoms with E-state index in [0.717, 1.165) is 17.0 Å². The van der Waals surface area contributed by atoms with Gasteiger partial charge in [0.1, 0.15) is 0 Å². The molecule has 0 aliphatic heterocycles. The fraction of sp³-hybridized carbons (Fsp3) is 0.467. The van der Waals surface area contributed by atoms with Crippen molar-refractivity contribution in [3.05, 3.63) is 29.0 Å². The van der Waals surface area contributed by atoms with Crippen molar-refractivity contribution in [2.24, 2.45) is 0 Å². The van der Waals surface area contributed by atoms with Crippen LogP contribution < -0.4 is 5.32 Å². The molecule has 1 fully saturated rings. The summed E-state index contributed by atoms with van der Waals surface area (Å²) in [7, 11) is 0. The van der Waals surface area contributed by atoms with E-state index in [0.29, 0.717) is 18.5 Å². The van der Waals surface area contributed by atoms with Crippen molar-refractivity contribution in [1.29, 1.82) is 0 Å². The maximum absolute atomic E-state index is 4.66. The average molecular weight is 314 g/mol. The Morgan fingerprint density at radius 2 is 2.23 bits per heavy atom. The molecule has 2 aromatic heterocycles. The second kappa shape index (κ2) is 5.31. The van der Waals surface area contributed by atoms with E-state index in [2.05, 4.69) is 57.9 Å².